The third-order valence-corrected chi connectivity index (χ3v) is 5.12. The second-order valence-corrected chi connectivity index (χ2v) is 8.46. The predicted molar refractivity (Wildman–Crippen MR) is 124 cm³/mol. The Labute approximate surface area is 195 Å². The monoisotopic (exact) mass is 459 g/mol. The molecule has 0 saturated heterocycles. The Morgan fingerprint density at radius 1 is 0.818 bits per heavy atom. The number of rotatable bonds is 9. The van der Waals surface area contributed by atoms with Crippen molar-refractivity contribution in [1.29, 1.82) is 0 Å². The molecule has 33 heavy (non-hydrogen) atoms. The average Bonchev–Trinajstić information content (AvgIpc) is 2.80. The number of nitrogens with one attached hydrogen (secondary N) is 1. The molecule has 2 atom stereocenters. The zero-order chi connectivity index (χ0) is 24.8. The fraction of sp³-hybridized carbons (Fsp3) is 0.440. The minimum absolute atomic E-state index is 0.246. The number of benzene rings is 2. The lowest BCUT2D eigenvalue weighted by Crippen LogP contribution is -2.60. The Balaban J connectivity index is 2.66. The Kier molecular flexibility index (Phi) is 8.33. The van der Waals surface area contributed by atoms with Crippen molar-refractivity contribution in [3.63, 3.8) is 0 Å². The largest absolute Gasteiger partial charge is 0.497 e. The highest BCUT2D eigenvalue weighted by Gasteiger charge is 2.50. The molecule has 0 spiro atoms. The molecule has 0 aliphatic rings. The van der Waals surface area contributed by atoms with Crippen LogP contribution in [0.3, 0.4) is 0 Å². The van der Waals surface area contributed by atoms with Crippen LogP contribution in [0.25, 0.3) is 0 Å². The summed E-state index contributed by atoms with van der Waals surface area (Å²) in [5.41, 5.74) is -1.53. The average molecular weight is 460 g/mol. The van der Waals surface area contributed by atoms with Gasteiger partial charge < -0.3 is 29.0 Å². The highest BCUT2D eigenvalue weighted by atomic mass is 16.5. The standard InChI is InChI=1S/C25H33NO7/c1-16(33-24(2,3)4)25(23(28)32-8,18-9-11-19(29-5)12-10-18)26-22(27)17-13-20(30-6)15-21(14-17)31-7/h9-16H,1-8H3,(H,26,27)/t16-,25-/m1/s1. The van der Waals surface area contributed by atoms with Gasteiger partial charge in [0.25, 0.3) is 5.91 Å². The molecule has 0 unspecified atom stereocenters. The van der Waals surface area contributed by atoms with Crippen LogP contribution in [0.5, 0.6) is 17.2 Å². The fourth-order valence-corrected chi connectivity index (χ4v) is 3.57. The molecular formula is C25H33NO7. The van der Waals surface area contributed by atoms with E-state index in [-0.39, 0.29) is 5.56 Å². The molecule has 1 N–H and O–H groups in total. The van der Waals surface area contributed by atoms with Crippen molar-refractivity contribution in [3.8, 4) is 17.2 Å². The molecule has 0 bridgehead atoms. The Morgan fingerprint density at radius 2 is 1.33 bits per heavy atom. The van der Waals surface area contributed by atoms with Crippen molar-refractivity contribution in [3.05, 3.63) is 53.6 Å². The summed E-state index contributed by atoms with van der Waals surface area (Å²) >= 11 is 0. The second kappa shape index (κ2) is 10.6. The minimum Gasteiger partial charge on any atom is -0.497 e. The molecular weight excluding hydrogens is 426 g/mol. The maximum Gasteiger partial charge on any atom is 0.339 e. The van der Waals surface area contributed by atoms with Crippen LogP contribution in [0.2, 0.25) is 0 Å². The third-order valence-electron chi connectivity index (χ3n) is 5.12. The number of methoxy groups -OCH3 is 4. The fourth-order valence-electron chi connectivity index (χ4n) is 3.57. The molecule has 8 heteroatoms. The molecule has 0 saturated carbocycles. The van der Waals surface area contributed by atoms with Gasteiger partial charge in [0.05, 0.1) is 40.1 Å². The van der Waals surface area contributed by atoms with Crippen molar-refractivity contribution in [2.75, 3.05) is 28.4 Å². The van der Waals surface area contributed by atoms with E-state index in [1.165, 1.54) is 21.3 Å². The predicted octanol–water partition coefficient (Wildman–Crippen LogP) is 3.71. The van der Waals surface area contributed by atoms with Crippen LogP contribution in [-0.4, -0.2) is 52.0 Å². The van der Waals surface area contributed by atoms with Gasteiger partial charge in [-0.1, -0.05) is 12.1 Å². The highest BCUT2D eigenvalue weighted by molar-refractivity contribution is 5.99. The number of carbonyl (C=O) groups excluding carboxylic acids is 2. The van der Waals surface area contributed by atoms with Gasteiger partial charge in [-0.2, -0.15) is 0 Å². The van der Waals surface area contributed by atoms with Crippen molar-refractivity contribution >= 4 is 11.9 Å². The zero-order valence-corrected chi connectivity index (χ0v) is 20.5. The topological polar surface area (TPSA) is 92.3 Å². The van der Waals surface area contributed by atoms with Crippen LogP contribution in [-0.2, 0) is 19.8 Å². The lowest BCUT2D eigenvalue weighted by atomic mass is 9.83. The number of hydrogen-bond acceptors (Lipinski definition) is 7. The van der Waals surface area contributed by atoms with Gasteiger partial charge >= 0.3 is 5.97 Å². The molecule has 0 aromatic heterocycles. The van der Waals surface area contributed by atoms with Crippen molar-refractivity contribution in [2.24, 2.45) is 0 Å². The number of carbonyl (C=O) groups is 2. The number of ether oxygens (including phenoxy) is 5. The van der Waals surface area contributed by atoms with E-state index in [0.717, 1.165) is 0 Å². The van der Waals surface area contributed by atoms with E-state index in [0.29, 0.717) is 22.8 Å². The Hall–Kier alpha value is -3.26. The lowest BCUT2D eigenvalue weighted by molar-refractivity contribution is -0.162. The van der Waals surface area contributed by atoms with Crippen molar-refractivity contribution in [2.45, 2.75) is 44.9 Å². The first kappa shape index (κ1) is 26.0. The molecule has 0 aliphatic heterocycles. The van der Waals surface area contributed by atoms with E-state index >= 15 is 0 Å². The van der Waals surface area contributed by atoms with Crippen LogP contribution >= 0.6 is 0 Å². The molecule has 2 aromatic carbocycles. The van der Waals surface area contributed by atoms with Gasteiger partial charge in [0.15, 0.2) is 5.54 Å². The molecule has 0 aliphatic carbocycles. The van der Waals surface area contributed by atoms with E-state index in [9.17, 15) is 9.59 Å². The van der Waals surface area contributed by atoms with Gasteiger partial charge in [0, 0.05) is 11.6 Å². The maximum atomic E-state index is 13.5. The van der Waals surface area contributed by atoms with E-state index in [4.69, 9.17) is 23.7 Å². The van der Waals surface area contributed by atoms with Crippen LogP contribution in [0.15, 0.2) is 42.5 Å². The minimum atomic E-state index is -1.65. The smallest absolute Gasteiger partial charge is 0.339 e. The molecule has 0 radical (unpaired) electrons. The highest BCUT2D eigenvalue weighted by Crippen LogP contribution is 2.34. The molecule has 0 heterocycles. The van der Waals surface area contributed by atoms with Crippen LogP contribution in [0.4, 0.5) is 0 Å². The van der Waals surface area contributed by atoms with Crippen LogP contribution in [0, 0.1) is 0 Å². The maximum absolute atomic E-state index is 13.5. The van der Waals surface area contributed by atoms with Gasteiger partial charge in [-0.15, -0.1) is 0 Å². The number of esters is 1. The van der Waals surface area contributed by atoms with Gasteiger partial charge in [-0.25, -0.2) is 4.79 Å². The van der Waals surface area contributed by atoms with Gasteiger partial charge in [0.1, 0.15) is 17.2 Å². The first-order valence-corrected chi connectivity index (χ1v) is 10.5. The summed E-state index contributed by atoms with van der Waals surface area (Å²) in [5.74, 6) is 0.273. The molecule has 2 aromatic rings. The summed E-state index contributed by atoms with van der Waals surface area (Å²) in [4.78, 5) is 26.8. The van der Waals surface area contributed by atoms with Crippen molar-refractivity contribution in [1.82, 2.24) is 5.32 Å². The summed E-state index contributed by atoms with van der Waals surface area (Å²) < 4.78 is 27.1. The quantitative estimate of drug-likeness (QED) is 0.572. The van der Waals surface area contributed by atoms with E-state index in [1.807, 2.05) is 20.8 Å². The second-order valence-electron chi connectivity index (χ2n) is 8.46. The number of hydrogen-bond donors (Lipinski definition) is 1. The van der Waals surface area contributed by atoms with Crippen LogP contribution in [0.1, 0.15) is 43.6 Å². The Bertz CT molecular complexity index is 943. The van der Waals surface area contributed by atoms with Crippen LogP contribution < -0.4 is 19.5 Å². The van der Waals surface area contributed by atoms with E-state index in [1.54, 1.807) is 56.5 Å². The first-order valence-electron chi connectivity index (χ1n) is 10.5. The summed E-state index contributed by atoms with van der Waals surface area (Å²) in [6.07, 6.45) is -0.796. The first-order chi connectivity index (χ1) is 15.5. The van der Waals surface area contributed by atoms with Gasteiger partial charge in [0.2, 0.25) is 0 Å². The molecule has 0 fully saturated rings. The number of amides is 1. The zero-order valence-electron chi connectivity index (χ0n) is 20.5. The van der Waals surface area contributed by atoms with E-state index in [2.05, 4.69) is 5.32 Å². The van der Waals surface area contributed by atoms with Gasteiger partial charge in [-0.05, 0) is 57.5 Å². The summed E-state index contributed by atoms with van der Waals surface area (Å²) in [7, 11) is 5.80. The lowest BCUT2D eigenvalue weighted by Gasteiger charge is -2.40. The summed E-state index contributed by atoms with van der Waals surface area (Å²) in [5, 5.41) is 2.89. The SMILES string of the molecule is COC(=O)[C@](NC(=O)c1cc(OC)cc(OC)c1)(c1ccc(OC)cc1)[C@@H](C)OC(C)(C)C. The van der Waals surface area contributed by atoms with Crippen molar-refractivity contribution < 1.29 is 33.3 Å². The molecule has 1 amide bonds. The Morgan fingerprint density at radius 3 is 1.76 bits per heavy atom. The van der Waals surface area contributed by atoms with Gasteiger partial charge in [-0.3, -0.25) is 4.79 Å². The molecule has 8 nitrogen and oxygen atoms in total. The van der Waals surface area contributed by atoms with E-state index < -0.39 is 29.1 Å². The summed E-state index contributed by atoms with van der Waals surface area (Å²) in [6, 6.07) is 11.6. The normalized spacial score (nSPS) is 13.9. The molecule has 180 valence electrons. The molecule has 2 rings (SSSR count). The summed E-state index contributed by atoms with van der Waals surface area (Å²) in [6.45, 7) is 7.33. The third kappa shape index (κ3) is 5.96.